The molecule has 0 bridgehead atoms. The predicted molar refractivity (Wildman–Crippen MR) is 110 cm³/mol. The molecule has 4 N–H and O–H groups in total. The lowest BCUT2D eigenvalue weighted by Gasteiger charge is -2.20. The van der Waals surface area contributed by atoms with Crippen molar-refractivity contribution in [2.45, 2.75) is 32.0 Å². The third-order valence-corrected chi connectivity index (χ3v) is 4.64. The van der Waals surface area contributed by atoms with E-state index in [2.05, 4.69) is 15.7 Å². The minimum atomic E-state index is -0.876. The molecule has 2 unspecified atom stereocenters. The van der Waals surface area contributed by atoms with Crippen LogP contribution in [0.1, 0.15) is 18.9 Å². The zero-order valence-electron chi connectivity index (χ0n) is 16.3. The van der Waals surface area contributed by atoms with E-state index in [9.17, 15) is 18.8 Å². The van der Waals surface area contributed by atoms with E-state index in [0.29, 0.717) is 12.2 Å². The molecule has 1 aliphatic rings. The standard InChI is InChI=1S/C21H22FN5O3/c1-13(20(29)24-12-14-5-3-2-4-6-14)25-21(30)17-11-18(19(23)28)27(26-17)16-9-7-15(22)8-10-16/h2-10,13,18H,11-12H2,1H3,(H2,23,28)(H,24,29)(H,25,30). The van der Waals surface area contributed by atoms with E-state index >= 15 is 0 Å². The van der Waals surface area contributed by atoms with Crippen molar-refractivity contribution >= 4 is 29.1 Å². The summed E-state index contributed by atoms with van der Waals surface area (Å²) in [6.07, 6.45) is -0.0170. The first-order chi connectivity index (χ1) is 14.3. The second kappa shape index (κ2) is 9.17. The Balaban J connectivity index is 1.63. The van der Waals surface area contributed by atoms with E-state index in [4.69, 9.17) is 5.73 Å². The lowest BCUT2D eigenvalue weighted by molar-refractivity contribution is -0.126. The van der Waals surface area contributed by atoms with Gasteiger partial charge >= 0.3 is 0 Å². The molecule has 2 aromatic carbocycles. The number of hydrogen-bond donors (Lipinski definition) is 3. The van der Waals surface area contributed by atoms with Gasteiger partial charge in [-0.3, -0.25) is 19.4 Å². The first-order valence-corrected chi connectivity index (χ1v) is 9.39. The van der Waals surface area contributed by atoms with Crippen LogP contribution < -0.4 is 21.4 Å². The molecule has 0 saturated heterocycles. The number of carbonyl (C=O) groups is 3. The van der Waals surface area contributed by atoms with Crippen molar-refractivity contribution in [2.24, 2.45) is 10.8 Å². The molecule has 9 heteroatoms. The summed E-state index contributed by atoms with van der Waals surface area (Å²) in [5, 5.41) is 10.8. The van der Waals surface area contributed by atoms with Gasteiger partial charge in [-0.1, -0.05) is 30.3 Å². The lowest BCUT2D eigenvalue weighted by Crippen LogP contribution is -2.47. The summed E-state index contributed by atoms with van der Waals surface area (Å²) in [4.78, 5) is 36.7. The Kier molecular flexibility index (Phi) is 6.41. The van der Waals surface area contributed by atoms with Crippen molar-refractivity contribution in [3.8, 4) is 0 Å². The smallest absolute Gasteiger partial charge is 0.268 e. The zero-order chi connectivity index (χ0) is 21.7. The molecule has 156 valence electrons. The van der Waals surface area contributed by atoms with Crippen molar-refractivity contribution in [3.63, 3.8) is 0 Å². The Morgan fingerprint density at radius 3 is 2.47 bits per heavy atom. The fourth-order valence-electron chi connectivity index (χ4n) is 2.98. The van der Waals surface area contributed by atoms with Crippen LogP contribution in [0.4, 0.5) is 10.1 Å². The molecule has 3 rings (SSSR count). The molecule has 30 heavy (non-hydrogen) atoms. The zero-order valence-corrected chi connectivity index (χ0v) is 16.3. The van der Waals surface area contributed by atoms with Crippen LogP contribution in [0, 0.1) is 5.82 Å². The van der Waals surface area contributed by atoms with E-state index in [1.165, 1.54) is 29.3 Å². The number of rotatable bonds is 7. The van der Waals surface area contributed by atoms with Gasteiger partial charge in [0.2, 0.25) is 11.8 Å². The Labute approximate surface area is 172 Å². The first-order valence-electron chi connectivity index (χ1n) is 9.39. The van der Waals surface area contributed by atoms with Gasteiger partial charge < -0.3 is 16.4 Å². The predicted octanol–water partition coefficient (Wildman–Crippen LogP) is 1.07. The van der Waals surface area contributed by atoms with Gasteiger partial charge in [0, 0.05) is 13.0 Å². The summed E-state index contributed by atoms with van der Waals surface area (Å²) in [6.45, 7) is 1.89. The molecule has 8 nitrogen and oxygen atoms in total. The van der Waals surface area contributed by atoms with Gasteiger partial charge in [0.1, 0.15) is 23.6 Å². The van der Waals surface area contributed by atoms with Gasteiger partial charge in [0.25, 0.3) is 5.91 Å². The van der Waals surface area contributed by atoms with Crippen LogP contribution in [0.3, 0.4) is 0 Å². The van der Waals surface area contributed by atoms with Gasteiger partial charge in [0.05, 0.1) is 5.69 Å². The molecular weight excluding hydrogens is 389 g/mol. The van der Waals surface area contributed by atoms with Crippen LogP contribution in [0.5, 0.6) is 0 Å². The van der Waals surface area contributed by atoms with Gasteiger partial charge in [-0.25, -0.2) is 4.39 Å². The number of nitrogens with two attached hydrogens (primary N) is 1. The summed E-state index contributed by atoms with van der Waals surface area (Å²) in [5.41, 5.74) is 6.86. The third kappa shape index (κ3) is 4.99. The fourth-order valence-corrected chi connectivity index (χ4v) is 2.98. The number of amides is 3. The fraction of sp³-hybridized carbons (Fsp3) is 0.238. The van der Waals surface area contributed by atoms with Crippen LogP contribution in [-0.2, 0) is 20.9 Å². The highest BCUT2D eigenvalue weighted by Gasteiger charge is 2.35. The number of benzene rings is 2. The van der Waals surface area contributed by atoms with E-state index in [-0.39, 0.29) is 18.0 Å². The van der Waals surface area contributed by atoms with E-state index in [0.717, 1.165) is 5.56 Å². The minimum Gasteiger partial charge on any atom is -0.368 e. The first kappa shape index (κ1) is 21.0. The summed E-state index contributed by atoms with van der Waals surface area (Å²) < 4.78 is 13.2. The highest BCUT2D eigenvalue weighted by atomic mass is 19.1. The molecule has 0 fully saturated rings. The molecule has 2 atom stereocenters. The van der Waals surface area contributed by atoms with Crippen molar-refractivity contribution in [1.82, 2.24) is 10.6 Å². The van der Waals surface area contributed by atoms with Gasteiger partial charge in [-0.2, -0.15) is 5.10 Å². The maximum absolute atomic E-state index is 13.2. The summed E-state index contributed by atoms with van der Waals surface area (Å²) in [6, 6.07) is 13.0. The largest absolute Gasteiger partial charge is 0.368 e. The molecule has 0 aliphatic carbocycles. The molecule has 1 heterocycles. The van der Waals surface area contributed by atoms with Crippen LogP contribution in [0.2, 0.25) is 0 Å². The van der Waals surface area contributed by atoms with Crippen molar-refractivity contribution < 1.29 is 18.8 Å². The quantitative estimate of drug-likeness (QED) is 0.632. The summed E-state index contributed by atoms with van der Waals surface area (Å²) in [7, 11) is 0. The number of hydrazone groups is 1. The van der Waals surface area contributed by atoms with Gasteiger partial charge in [0.15, 0.2) is 0 Å². The molecule has 3 amide bonds. The maximum Gasteiger partial charge on any atom is 0.268 e. The Morgan fingerprint density at radius 2 is 1.83 bits per heavy atom. The monoisotopic (exact) mass is 411 g/mol. The van der Waals surface area contributed by atoms with E-state index < -0.39 is 29.7 Å². The minimum absolute atomic E-state index is 0.0170. The summed E-state index contributed by atoms with van der Waals surface area (Å²) >= 11 is 0. The summed E-state index contributed by atoms with van der Waals surface area (Å²) in [5.74, 6) is -2.04. The molecule has 1 aliphatic heterocycles. The lowest BCUT2D eigenvalue weighted by atomic mass is 10.1. The highest BCUT2D eigenvalue weighted by molar-refractivity contribution is 6.40. The van der Waals surface area contributed by atoms with Crippen LogP contribution in [0.25, 0.3) is 0 Å². The van der Waals surface area contributed by atoms with Crippen LogP contribution in [0.15, 0.2) is 59.7 Å². The Morgan fingerprint density at radius 1 is 1.17 bits per heavy atom. The van der Waals surface area contributed by atoms with E-state index in [1.807, 2.05) is 30.3 Å². The van der Waals surface area contributed by atoms with Crippen LogP contribution in [-0.4, -0.2) is 35.5 Å². The Bertz CT molecular complexity index is 962. The Hall–Kier alpha value is -3.75. The third-order valence-electron chi connectivity index (χ3n) is 4.64. The number of primary amides is 1. The normalized spacial score (nSPS) is 16.5. The molecule has 0 spiro atoms. The average Bonchev–Trinajstić information content (AvgIpc) is 3.19. The second-order valence-corrected chi connectivity index (χ2v) is 6.89. The molecular formula is C21H22FN5O3. The highest BCUT2D eigenvalue weighted by Crippen LogP contribution is 2.24. The van der Waals surface area contributed by atoms with Gasteiger partial charge in [-0.15, -0.1) is 0 Å². The SMILES string of the molecule is CC(NC(=O)C1=NN(c2ccc(F)cc2)C(C(N)=O)C1)C(=O)NCc1ccccc1. The van der Waals surface area contributed by atoms with Crippen LogP contribution >= 0.6 is 0 Å². The van der Waals surface area contributed by atoms with Gasteiger partial charge in [-0.05, 0) is 36.8 Å². The number of hydrogen-bond acceptors (Lipinski definition) is 5. The second-order valence-electron chi connectivity index (χ2n) is 6.89. The number of carbonyl (C=O) groups excluding carboxylic acids is 3. The number of anilines is 1. The molecule has 0 aromatic heterocycles. The molecule has 0 saturated carbocycles. The topological polar surface area (TPSA) is 117 Å². The van der Waals surface area contributed by atoms with Crippen molar-refractivity contribution in [2.75, 3.05) is 5.01 Å². The number of nitrogens with one attached hydrogen (secondary N) is 2. The molecule has 0 radical (unpaired) electrons. The van der Waals surface area contributed by atoms with Crippen molar-refractivity contribution in [1.29, 1.82) is 0 Å². The number of nitrogens with zero attached hydrogens (tertiary/aromatic N) is 2. The van der Waals surface area contributed by atoms with E-state index in [1.54, 1.807) is 6.92 Å². The number of halogens is 1. The maximum atomic E-state index is 13.2. The average molecular weight is 411 g/mol. The van der Waals surface area contributed by atoms with Crippen molar-refractivity contribution in [3.05, 3.63) is 66.0 Å². The molecule has 2 aromatic rings.